The van der Waals surface area contributed by atoms with E-state index in [9.17, 15) is 8.42 Å². The topological polar surface area (TPSA) is 71.5 Å². The zero-order valence-corrected chi connectivity index (χ0v) is 15.3. The first-order valence-corrected chi connectivity index (χ1v) is 9.76. The van der Waals surface area contributed by atoms with Crippen LogP contribution >= 0.6 is 0 Å². The number of rotatable bonds is 5. The van der Waals surface area contributed by atoms with Gasteiger partial charge in [0.15, 0.2) is 0 Å². The second-order valence-electron chi connectivity index (χ2n) is 6.22. The number of aryl methyl sites for hydroxylation is 1. The molecule has 1 N–H and O–H groups in total. The summed E-state index contributed by atoms with van der Waals surface area (Å²) >= 11 is 0. The summed E-state index contributed by atoms with van der Waals surface area (Å²) in [5.41, 5.74) is 1.12. The molecular formula is C18H23N3O3S. The van der Waals surface area contributed by atoms with Crippen LogP contribution in [0.3, 0.4) is 0 Å². The molecule has 0 aliphatic carbocycles. The maximum atomic E-state index is 12.7. The molecule has 1 fully saturated rings. The van der Waals surface area contributed by atoms with E-state index in [0.29, 0.717) is 23.7 Å². The predicted molar refractivity (Wildman–Crippen MR) is 97.4 cm³/mol. The lowest BCUT2D eigenvalue weighted by Gasteiger charge is -2.31. The van der Waals surface area contributed by atoms with Crippen LogP contribution < -0.4 is 10.1 Å². The van der Waals surface area contributed by atoms with Gasteiger partial charge in [0.05, 0.1) is 12.0 Å². The van der Waals surface area contributed by atoms with Crippen LogP contribution in [0.15, 0.2) is 47.5 Å². The molecule has 1 aliphatic heterocycles. The Morgan fingerprint density at radius 3 is 2.36 bits per heavy atom. The molecule has 0 spiro atoms. The van der Waals surface area contributed by atoms with Gasteiger partial charge in [0.25, 0.3) is 0 Å². The van der Waals surface area contributed by atoms with Gasteiger partial charge in [0, 0.05) is 25.3 Å². The van der Waals surface area contributed by atoms with E-state index in [2.05, 4.69) is 10.3 Å². The van der Waals surface area contributed by atoms with Gasteiger partial charge in [-0.1, -0.05) is 6.07 Å². The normalized spacial score (nSPS) is 16.6. The van der Waals surface area contributed by atoms with Crippen LogP contribution in [-0.2, 0) is 10.0 Å². The third kappa shape index (κ3) is 4.11. The lowest BCUT2D eigenvalue weighted by atomic mass is 10.1. The number of benzene rings is 1. The lowest BCUT2D eigenvalue weighted by Crippen LogP contribution is -2.42. The molecule has 0 atom stereocenters. The number of sulfonamides is 1. The van der Waals surface area contributed by atoms with Crippen molar-refractivity contribution >= 4 is 15.8 Å². The monoisotopic (exact) mass is 361 g/mol. The van der Waals surface area contributed by atoms with E-state index in [1.807, 2.05) is 25.3 Å². The van der Waals surface area contributed by atoms with Crippen LogP contribution in [0.2, 0.25) is 0 Å². The van der Waals surface area contributed by atoms with Crippen LogP contribution in [-0.4, -0.2) is 43.9 Å². The van der Waals surface area contributed by atoms with E-state index in [1.54, 1.807) is 35.7 Å². The van der Waals surface area contributed by atoms with E-state index >= 15 is 0 Å². The molecule has 134 valence electrons. The highest BCUT2D eigenvalue weighted by atomic mass is 32.2. The number of pyridine rings is 1. The Bertz CT molecular complexity index is 796. The van der Waals surface area contributed by atoms with Gasteiger partial charge >= 0.3 is 0 Å². The number of aromatic nitrogens is 1. The Hall–Kier alpha value is -2.12. The third-order valence-electron chi connectivity index (χ3n) is 4.41. The maximum Gasteiger partial charge on any atom is 0.243 e. The van der Waals surface area contributed by atoms with Crippen LogP contribution in [0, 0.1) is 6.92 Å². The van der Waals surface area contributed by atoms with Gasteiger partial charge in [-0.15, -0.1) is 0 Å². The minimum absolute atomic E-state index is 0.234. The fraction of sp³-hybridized carbons (Fsp3) is 0.389. The van der Waals surface area contributed by atoms with E-state index < -0.39 is 10.0 Å². The van der Waals surface area contributed by atoms with Gasteiger partial charge in [-0.05, 0) is 55.7 Å². The van der Waals surface area contributed by atoms with E-state index in [1.165, 1.54) is 0 Å². The SMILES string of the molecule is COc1ccc(S(=O)(=O)N2CCC(Nc3ccc(C)cn3)CC2)cc1. The van der Waals surface area contributed by atoms with Crippen molar-refractivity contribution in [1.82, 2.24) is 9.29 Å². The zero-order valence-electron chi connectivity index (χ0n) is 14.5. The summed E-state index contributed by atoms with van der Waals surface area (Å²) in [5.74, 6) is 1.48. The van der Waals surface area contributed by atoms with Gasteiger partial charge in [-0.3, -0.25) is 0 Å². The molecule has 1 aliphatic rings. The Balaban J connectivity index is 1.61. The highest BCUT2D eigenvalue weighted by Gasteiger charge is 2.29. The number of nitrogens with one attached hydrogen (secondary N) is 1. The number of nitrogens with zero attached hydrogens (tertiary/aromatic N) is 2. The molecule has 3 rings (SSSR count). The van der Waals surface area contributed by atoms with E-state index in [0.717, 1.165) is 24.2 Å². The average molecular weight is 361 g/mol. The van der Waals surface area contributed by atoms with Crippen molar-refractivity contribution in [3.05, 3.63) is 48.2 Å². The molecule has 0 radical (unpaired) electrons. The first kappa shape index (κ1) is 17.7. The summed E-state index contributed by atoms with van der Waals surface area (Å²) in [6.07, 6.45) is 3.33. The fourth-order valence-corrected chi connectivity index (χ4v) is 4.37. The van der Waals surface area contributed by atoms with Crippen molar-refractivity contribution in [2.75, 3.05) is 25.5 Å². The zero-order chi connectivity index (χ0) is 17.9. The molecule has 0 bridgehead atoms. The van der Waals surface area contributed by atoms with Crippen molar-refractivity contribution in [1.29, 1.82) is 0 Å². The summed E-state index contributed by atoms with van der Waals surface area (Å²) < 4.78 is 32.1. The first-order valence-electron chi connectivity index (χ1n) is 8.32. The number of piperidine rings is 1. The third-order valence-corrected chi connectivity index (χ3v) is 6.33. The van der Waals surface area contributed by atoms with Gasteiger partial charge in [-0.25, -0.2) is 13.4 Å². The minimum Gasteiger partial charge on any atom is -0.497 e. The molecule has 1 aromatic carbocycles. The summed E-state index contributed by atoms with van der Waals surface area (Å²) in [7, 11) is -1.89. The van der Waals surface area contributed by atoms with Gasteiger partial charge in [0.2, 0.25) is 10.0 Å². The molecule has 2 heterocycles. The highest BCUT2D eigenvalue weighted by Crippen LogP contribution is 2.24. The summed E-state index contributed by atoms with van der Waals surface area (Å²) in [5, 5.41) is 3.39. The standard InChI is InChI=1S/C18H23N3O3S/c1-14-3-8-18(19-13-14)20-15-9-11-21(12-10-15)25(22,23)17-6-4-16(24-2)5-7-17/h3-8,13,15H,9-12H2,1-2H3,(H,19,20). The number of anilines is 1. The van der Waals surface area contributed by atoms with Gasteiger partial charge in [0.1, 0.15) is 11.6 Å². The number of methoxy groups -OCH3 is 1. The molecular weight excluding hydrogens is 338 g/mol. The van der Waals surface area contributed by atoms with Gasteiger partial charge in [-0.2, -0.15) is 4.31 Å². The van der Waals surface area contributed by atoms with Crippen LogP contribution in [0.25, 0.3) is 0 Å². The summed E-state index contributed by atoms with van der Waals surface area (Å²) in [6.45, 7) is 3.00. The van der Waals surface area contributed by atoms with Crippen LogP contribution in [0.1, 0.15) is 18.4 Å². The Kier molecular flexibility index (Phi) is 5.24. The van der Waals surface area contributed by atoms with Crippen LogP contribution in [0.5, 0.6) is 5.75 Å². The molecule has 0 amide bonds. The predicted octanol–water partition coefficient (Wildman–Crippen LogP) is 2.66. The average Bonchev–Trinajstić information content (AvgIpc) is 2.64. The largest absolute Gasteiger partial charge is 0.497 e. The summed E-state index contributed by atoms with van der Waals surface area (Å²) in [4.78, 5) is 4.65. The van der Waals surface area contributed by atoms with Crippen LogP contribution in [0.4, 0.5) is 5.82 Å². The molecule has 0 saturated carbocycles. The lowest BCUT2D eigenvalue weighted by molar-refractivity contribution is 0.329. The molecule has 2 aromatic rings. The molecule has 1 aromatic heterocycles. The number of hydrogen-bond acceptors (Lipinski definition) is 5. The second-order valence-corrected chi connectivity index (χ2v) is 8.16. The Morgan fingerprint density at radius 1 is 1.12 bits per heavy atom. The second kappa shape index (κ2) is 7.41. The van der Waals surface area contributed by atoms with E-state index in [-0.39, 0.29) is 6.04 Å². The number of ether oxygens (including phenoxy) is 1. The highest BCUT2D eigenvalue weighted by molar-refractivity contribution is 7.89. The van der Waals surface area contributed by atoms with E-state index in [4.69, 9.17) is 4.74 Å². The number of hydrogen-bond donors (Lipinski definition) is 1. The van der Waals surface area contributed by atoms with Crippen molar-refractivity contribution in [2.24, 2.45) is 0 Å². The maximum absolute atomic E-state index is 12.7. The smallest absolute Gasteiger partial charge is 0.243 e. The van der Waals surface area contributed by atoms with Crippen molar-refractivity contribution < 1.29 is 13.2 Å². The molecule has 0 unspecified atom stereocenters. The summed E-state index contributed by atoms with van der Waals surface area (Å²) in [6, 6.07) is 10.7. The van der Waals surface area contributed by atoms with Crippen molar-refractivity contribution in [2.45, 2.75) is 30.7 Å². The molecule has 25 heavy (non-hydrogen) atoms. The molecule has 7 heteroatoms. The first-order chi connectivity index (χ1) is 12.0. The van der Waals surface area contributed by atoms with Crippen molar-refractivity contribution in [3.8, 4) is 5.75 Å². The van der Waals surface area contributed by atoms with Gasteiger partial charge < -0.3 is 10.1 Å². The fourth-order valence-electron chi connectivity index (χ4n) is 2.90. The van der Waals surface area contributed by atoms with Crippen molar-refractivity contribution in [3.63, 3.8) is 0 Å². The molecule has 6 nitrogen and oxygen atoms in total. The Labute approximate surface area is 148 Å². The Morgan fingerprint density at radius 2 is 1.80 bits per heavy atom. The molecule has 1 saturated heterocycles. The quantitative estimate of drug-likeness (QED) is 0.886. The minimum atomic E-state index is -3.45.